The van der Waals surface area contributed by atoms with Crippen LogP contribution in [-0.2, 0) is 16.0 Å². The molecule has 1 heterocycles. The molecule has 0 N–H and O–H groups in total. The summed E-state index contributed by atoms with van der Waals surface area (Å²) in [6, 6.07) is 1.28. The van der Waals surface area contributed by atoms with Gasteiger partial charge in [-0.2, -0.15) is 0 Å². The first-order valence-corrected chi connectivity index (χ1v) is 4.35. The van der Waals surface area contributed by atoms with Gasteiger partial charge in [-0.05, 0) is 18.6 Å². The van der Waals surface area contributed by atoms with Gasteiger partial charge in [0.05, 0.1) is 13.5 Å². The number of rotatable bonds is 3. The quantitative estimate of drug-likeness (QED) is 0.724. The summed E-state index contributed by atoms with van der Waals surface area (Å²) < 4.78 is 29.4. The van der Waals surface area contributed by atoms with Gasteiger partial charge in [-0.15, -0.1) is 0 Å². The van der Waals surface area contributed by atoms with Crippen LogP contribution in [0.15, 0.2) is 12.3 Å². The number of hydrogen-bond donors (Lipinski definition) is 0. The van der Waals surface area contributed by atoms with Crippen molar-refractivity contribution in [3.8, 4) is 0 Å². The molecule has 0 saturated heterocycles. The maximum atomic E-state index is 12.5. The maximum absolute atomic E-state index is 12.5. The van der Waals surface area contributed by atoms with E-state index < -0.39 is 12.4 Å². The van der Waals surface area contributed by atoms with Gasteiger partial charge in [0.15, 0.2) is 0 Å². The highest BCUT2D eigenvalue weighted by molar-refractivity contribution is 5.72. The van der Waals surface area contributed by atoms with Gasteiger partial charge in [-0.1, -0.05) is 0 Å². The van der Waals surface area contributed by atoms with E-state index in [9.17, 15) is 13.6 Å². The van der Waals surface area contributed by atoms with E-state index in [1.54, 1.807) is 0 Å². The summed E-state index contributed by atoms with van der Waals surface area (Å²) in [5, 5.41) is 0. The van der Waals surface area contributed by atoms with Gasteiger partial charge in [0.1, 0.15) is 0 Å². The van der Waals surface area contributed by atoms with Crippen LogP contribution in [0, 0.1) is 6.92 Å². The number of esters is 1. The van der Waals surface area contributed by atoms with E-state index in [1.165, 1.54) is 26.3 Å². The van der Waals surface area contributed by atoms with Crippen LogP contribution in [-0.4, -0.2) is 18.1 Å². The van der Waals surface area contributed by atoms with Crippen molar-refractivity contribution in [3.05, 3.63) is 29.1 Å². The standard InChI is InChI=1S/C10H11F2NO2/c1-6-8(10(11)12)3-7(5-13-6)4-9(14)15-2/h3,5,10H,4H2,1-2H3. The number of pyridine rings is 1. The molecule has 0 atom stereocenters. The van der Waals surface area contributed by atoms with Crippen LogP contribution in [0.25, 0.3) is 0 Å². The van der Waals surface area contributed by atoms with E-state index in [1.807, 2.05) is 0 Å². The highest BCUT2D eigenvalue weighted by atomic mass is 19.3. The first-order chi connectivity index (χ1) is 7.04. The van der Waals surface area contributed by atoms with Gasteiger partial charge in [-0.3, -0.25) is 9.78 Å². The zero-order valence-electron chi connectivity index (χ0n) is 8.46. The molecule has 0 unspecified atom stereocenters. The molecule has 0 spiro atoms. The number of aromatic nitrogens is 1. The number of alkyl halides is 2. The predicted molar refractivity (Wildman–Crippen MR) is 49.7 cm³/mol. The number of nitrogens with zero attached hydrogens (tertiary/aromatic N) is 1. The molecule has 0 saturated carbocycles. The molecule has 0 radical (unpaired) electrons. The third kappa shape index (κ3) is 2.97. The Morgan fingerprint density at radius 3 is 2.80 bits per heavy atom. The van der Waals surface area contributed by atoms with E-state index in [2.05, 4.69) is 9.72 Å². The summed E-state index contributed by atoms with van der Waals surface area (Å²) in [5.41, 5.74) is 0.567. The maximum Gasteiger partial charge on any atom is 0.310 e. The van der Waals surface area contributed by atoms with E-state index in [4.69, 9.17) is 0 Å². The Morgan fingerprint density at radius 1 is 1.60 bits per heavy atom. The molecule has 0 aliphatic heterocycles. The molecular formula is C10H11F2NO2. The number of aryl methyl sites for hydroxylation is 1. The summed E-state index contributed by atoms with van der Waals surface area (Å²) >= 11 is 0. The fraction of sp³-hybridized carbons (Fsp3) is 0.400. The first-order valence-electron chi connectivity index (χ1n) is 4.35. The predicted octanol–water partition coefficient (Wildman–Crippen LogP) is 2.04. The molecular weight excluding hydrogens is 204 g/mol. The molecule has 5 heteroatoms. The van der Waals surface area contributed by atoms with Crippen molar-refractivity contribution in [2.75, 3.05) is 7.11 Å². The zero-order valence-corrected chi connectivity index (χ0v) is 8.46. The smallest absolute Gasteiger partial charge is 0.310 e. The molecule has 0 aliphatic carbocycles. The lowest BCUT2D eigenvalue weighted by Crippen LogP contribution is -2.06. The van der Waals surface area contributed by atoms with Crippen LogP contribution >= 0.6 is 0 Å². The number of methoxy groups -OCH3 is 1. The minimum absolute atomic E-state index is 0.0382. The Balaban J connectivity index is 2.92. The number of carbonyl (C=O) groups excluding carboxylic acids is 1. The lowest BCUT2D eigenvalue weighted by Gasteiger charge is -2.06. The number of halogens is 2. The van der Waals surface area contributed by atoms with Gasteiger partial charge >= 0.3 is 5.97 Å². The fourth-order valence-electron chi connectivity index (χ4n) is 1.15. The Labute approximate surface area is 86.1 Å². The molecule has 1 rings (SSSR count). The number of ether oxygens (including phenoxy) is 1. The fourth-order valence-corrected chi connectivity index (χ4v) is 1.15. The van der Waals surface area contributed by atoms with Crippen LogP contribution in [0.4, 0.5) is 8.78 Å². The van der Waals surface area contributed by atoms with Crippen LogP contribution in [0.2, 0.25) is 0 Å². The Kier molecular flexibility index (Phi) is 3.71. The van der Waals surface area contributed by atoms with Crippen molar-refractivity contribution < 1.29 is 18.3 Å². The molecule has 0 fully saturated rings. The van der Waals surface area contributed by atoms with E-state index in [-0.39, 0.29) is 17.7 Å². The molecule has 0 aromatic carbocycles. The van der Waals surface area contributed by atoms with E-state index >= 15 is 0 Å². The van der Waals surface area contributed by atoms with Gasteiger partial charge in [0.2, 0.25) is 0 Å². The van der Waals surface area contributed by atoms with Gasteiger partial charge < -0.3 is 4.74 Å². The van der Waals surface area contributed by atoms with Crippen molar-refractivity contribution in [2.24, 2.45) is 0 Å². The normalized spacial score (nSPS) is 10.5. The number of carbonyl (C=O) groups is 1. The van der Waals surface area contributed by atoms with E-state index in [0.29, 0.717) is 5.56 Å². The summed E-state index contributed by atoms with van der Waals surface area (Å²) in [6.07, 6.45) is -1.21. The molecule has 1 aromatic rings. The summed E-state index contributed by atoms with van der Waals surface area (Å²) in [4.78, 5) is 14.7. The molecule has 1 aromatic heterocycles. The largest absolute Gasteiger partial charge is 0.469 e. The van der Waals surface area contributed by atoms with Crippen molar-refractivity contribution in [3.63, 3.8) is 0 Å². The topological polar surface area (TPSA) is 39.2 Å². The molecule has 82 valence electrons. The Hall–Kier alpha value is -1.52. The van der Waals surface area contributed by atoms with Crippen LogP contribution in [0.5, 0.6) is 0 Å². The van der Waals surface area contributed by atoms with Crippen molar-refractivity contribution in [1.82, 2.24) is 4.98 Å². The second-order valence-electron chi connectivity index (χ2n) is 3.07. The minimum atomic E-state index is -2.57. The Bertz CT molecular complexity index is 366. The second-order valence-corrected chi connectivity index (χ2v) is 3.07. The van der Waals surface area contributed by atoms with Crippen molar-refractivity contribution in [2.45, 2.75) is 19.8 Å². The lowest BCUT2D eigenvalue weighted by atomic mass is 10.1. The minimum Gasteiger partial charge on any atom is -0.469 e. The Morgan fingerprint density at radius 2 is 2.27 bits per heavy atom. The van der Waals surface area contributed by atoms with Crippen molar-refractivity contribution >= 4 is 5.97 Å². The third-order valence-electron chi connectivity index (χ3n) is 1.99. The molecule has 15 heavy (non-hydrogen) atoms. The average molecular weight is 215 g/mol. The molecule has 0 bridgehead atoms. The SMILES string of the molecule is COC(=O)Cc1cnc(C)c(C(F)F)c1. The number of hydrogen-bond acceptors (Lipinski definition) is 3. The highest BCUT2D eigenvalue weighted by Gasteiger charge is 2.13. The van der Waals surface area contributed by atoms with Gasteiger partial charge in [0.25, 0.3) is 6.43 Å². The van der Waals surface area contributed by atoms with E-state index in [0.717, 1.165) is 0 Å². The van der Waals surface area contributed by atoms with Crippen LogP contribution < -0.4 is 0 Å². The summed E-state index contributed by atoms with van der Waals surface area (Å²) in [6.45, 7) is 1.50. The third-order valence-corrected chi connectivity index (χ3v) is 1.99. The molecule has 3 nitrogen and oxygen atoms in total. The van der Waals surface area contributed by atoms with Gasteiger partial charge in [0, 0.05) is 17.5 Å². The molecule has 0 amide bonds. The average Bonchev–Trinajstić information content (AvgIpc) is 2.20. The van der Waals surface area contributed by atoms with Gasteiger partial charge in [-0.25, -0.2) is 8.78 Å². The monoisotopic (exact) mass is 215 g/mol. The highest BCUT2D eigenvalue weighted by Crippen LogP contribution is 2.22. The summed E-state index contributed by atoms with van der Waals surface area (Å²) in [7, 11) is 1.25. The lowest BCUT2D eigenvalue weighted by molar-refractivity contribution is -0.139. The second kappa shape index (κ2) is 4.82. The zero-order chi connectivity index (χ0) is 11.4. The van der Waals surface area contributed by atoms with Crippen molar-refractivity contribution in [1.29, 1.82) is 0 Å². The summed E-state index contributed by atoms with van der Waals surface area (Å²) in [5.74, 6) is -0.471. The molecule has 0 aliphatic rings. The van der Waals surface area contributed by atoms with Crippen LogP contribution in [0.3, 0.4) is 0 Å². The van der Waals surface area contributed by atoms with Crippen LogP contribution in [0.1, 0.15) is 23.2 Å². The first kappa shape index (κ1) is 11.6.